The molecule has 3 heteroatoms. The number of rotatable bonds is 2. The van der Waals surface area contributed by atoms with Crippen LogP contribution in [0.25, 0.3) is 0 Å². The molecule has 0 unspecified atom stereocenters. The molecule has 0 saturated carbocycles. The molecule has 0 aromatic heterocycles. The lowest BCUT2D eigenvalue weighted by molar-refractivity contribution is 0.401. The van der Waals surface area contributed by atoms with Crippen molar-refractivity contribution in [3.05, 3.63) is 12.3 Å². The smallest absolute Gasteiger partial charge is 0.104 e. The Hall–Kier alpha value is -0.990. The first-order valence-electron chi connectivity index (χ1n) is 2.28. The fourth-order valence-corrected chi connectivity index (χ4v) is 0.235. The Morgan fingerprint density at radius 2 is 2.38 bits per heavy atom. The van der Waals surface area contributed by atoms with E-state index >= 15 is 0 Å². The van der Waals surface area contributed by atoms with Crippen LogP contribution in [-0.2, 0) is 0 Å². The largest absolute Gasteiger partial charge is 0.511 e. The molecule has 0 aromatic rings. The standard InChI is InChI=1S/C5H10N2O/c1-4(8)3-7-5(2)6/h8H,1,3H2,2H3,(H2,6,7). The molecule has 0 atom stereocenters. The van der Waals surface area contributed by atoms with Gasteiger partial charge in [0.15, 0.2) is 0 Å². The predicted molar refractivity (Wildman–Crippen MR) is 33.2 cm³/mol. The molecule has 0 radical (unpaired) electrons. The van der Waals surface area contributed by atoms with Crippen molar-refractivity contribution < 1.29 is 5.11 Å². The highest BCUT2D eigenvalue weighted by Gasteiger charge is 1.85. The van der Waals surface area contributed by atoms with Gasteiger partial charge in [0.05, 0.1) is 12.4 Å². The summed E-state index contributed by atoms with van der Waals surface area (Å²) in [6.07, 6.45) is 0. The topological polar surface area (TPSA) is 56.1 Å². The second-order valence-corrected chi connectivity index (χ2v) is 1.54. The van der Waals surface area contributed by atoms with Crippen LogP contribution < -0.4 is 5.32 Å². The summed E-state index contributed by atoms with van der Waals surface area (Å²) >= 11 is 0. The quantitative estimate of drug-likeness (QED) is 0.280. The molecule has 0 heterocycles. The van der Waals surface area contributed by atoms with Crippen LogP contribution in [-0.4, -0.2) is 17.5 Å². The van der Waals surface area contributed by atoms with Crippen LogP contribution >= 0.6 is 0 Å². The minimum absolute atomic E-state index is 0.0524. The molecule has 0 aromatic carbocycles. The van der Waals surface area contributed by atoms with Crippen molar-refractivity contribution in [3.8, 4) is 0 Å². The Morgan fingerprint density at radius 1 is 1.88 bits per heavy atom. The van der Waals surface area contributed by atoms with Gasteiger partial charge in [-0.15, -0.1) is 0 Å². The predicted octanol–water partition coefficient (Wildman–Crippen LogP) is 0.645. The Morgan fingerprint density at radius 3 is 2.50 bits per heavy atom. The van der Waals surface area contributed by atoms with Crippen molar-refractivity contribution in [2.75, 3.05) is 6.54 Å². The molecular weight excluding hydrogens is 104 g/mol. The van der Waals surface area contributed by atoms with E-state index in [0.29, 0.717) is 5.84 Å². The van der Waals surface area contributed by atoms with Gasteiger partial charge in [0, 0.05) is 0 Å². The lowest BCUT2D eigenvalue weighted by atomic mass is 10.5. The molecule has 0 aliphatic carbocycles. The summed E-state index contributed by atoms with van der Waals surface area (Å²) in [5.74, 6) is 0.386. The second-order valence-electron chi connectivity index (χ2n) is 1.54. The third-order valence-corrected chi connectivity index (χ3v) is 0.558. The highest BCUT2D eigenvalue weighted by Crippen LogP contribution is 1.74. The summed E-state index contributed by atoms with van der Waals surface area (Å²) < 4.78 is 0. The van der Waals surface area contributed by atoms with Crippen molar-refractivity contribution >= 4 is 5.84 Å². The van der Waals surface area contributed by atoms with Gasteiger partial charge >= 0.3 is 0 Å². The van der Waals surface area contributed by atoms with Gasteiger partial charge in [0.1, 0.15) is 5.76 Å². The molecule has 0 rings (SSSR count). The van der Waals surface area contributed by atoms with E-state index in [0.717, 1.165) is 0 Å². The lowest BCUT2D eigenvalue weighted by Crippen LogP contribution is -2.21. The Labute approximate surface area is 48.5 Å². The molecule has 0 amide bonds. The van der Waals surface area contributed by atoms with Crippen LogP contribution in [0, 0.1) is 5.41 Å². The van der Waals surface area contributed by atoms with Crippen molar-refractivity contribution in [3.63, 3.8) is 0 Å². The van der Waals surface area contributed by atoms with Crippen molar-refractivity contribution in [1.29, 1.82) is 5.41 Å². The highest BCUT2D eigenvalue weighted by atomic mass is 16.3. The Balaban J connectivity index is 3.18. The van der Waals surface area contributed by atoms with Gasteiger partial charge < -0.3 is 10.4 Å². The van der Waals surface area contributed by atoms with Crippen LogP contribution in [0.5, 0.6) is 0 Å². The van der Waals surface area contributed by atoms with Crippen molar-refractivity contribution in [1.82, 2.24) is 5.32 Å². The average Bonchev–Trinajstić information content (AvgIpc) is 1.61. The zero-order valence-corrected chi connectivity index (χ0v) is 4.86. The number of hydrogen-bond acceptors (Lipinski definition) is 2. The molecule has 3 N–H and O–H groups in total. The van der Waals surface area contributed by atoms with Crippen LogP contribution in [0.2, 0.25) is 0 Å². The summed E-state index contributed by atoms with van der Waals surface area (Å²) in [5, 5.41) is 17.9. The van der Waals surface area contributed by atoms with Gasteiger partial charge in [0.25, 0.3) is 0 Å². The molecule has 0 fully saturated rings. The zero-order chi connectivity index (χ0) is 6.57. The third-order valence-electron chi connectivity index (χ3n) is 0.558. The van der Waals surface area contributed by atoms with E-state index in [-0.39, 0.29) is 12.3 Å². The molecule has 0 saturated heterocycles. The van der Waals surface area contributed by atoms with Crippen LogP contribution in [0.3, 0.4) is 0 Å². The molecule has 0 bridgehead atoms. The van der Waals surface area contributed by atoms with Crippen LogP contribution in [0.4, 0.5) is 0 Å². The summed E-state index contributed by atoms with van der Waals surface area (Å²) in [7, 11) is 0. The summed E-state index contributed by atoms with van der Waals surface area (Å²) in [6.45, 7) is 5.10. The maximum atomic E-state index is 8.45. The normalized spacial score (nSPS) is 8.12. The fourth-order valence-electron chi connectivity index (χ4n) is 0.235. The first kappa shape index (κ1) is 7.01. The van der Waals surface area contributed by atoms with E-state index in [4.69, 9.17) is 10.5 Å². The van der Waals surface area contributed by atoms with Gasteiger partial charge in [-0.25, -0.2) is 0 Å². The van der Waals surface area contributed by atoms with E-state index in [1.54, 1.807) is 6.92 Å². The maximum absolute atomic E-state index is 8.45. The monoisotopic (exact) mass is 114 g/mol. The van der Waals surface area contributed by atoms with Crippen molar-refractivity contribution in [2.45, 2.75) is 6.92 Å². The molecule has 0 aliphatic heterocycles. The van der Waals surface area contributed by atoms with Gasteiger partial charge in [-0.1, -0.05) is 6.58 Å². The minimum atomic E-state index is 0.0524. The van der Waals surface area contributed by atoms with Gasteiger partial charge in [-0.05, 0) is 6.92 Å². The molecule has 0 spiro atoms. The summed E-state index contributed by atoms with van der Waals surface area (Å²) in [5.41, 5.74) is 0. The highest BCUT2D eigenvalue weighted by molar-refractivity contribution is 5.76. The molecule has 0 aliphatic rings. The third kappa shape index (κ3) is 5.01. The number of amidine groups is 1. The first-order chi connectivity index (χ1) is 3.63. The average molecular weight is 114 g/mol. The van der Waals surface area contributed by atoms with E-state index in [9.17, 15) is 0 Å². The number of aliphatic hydroxyl groups excluding tert-OH is 1. The first-order valence-corrected chi connectivity index (χ1v) is 2.28. The van der Waals surface area contributed by atoms with Gasteiger partial charge in [0.2, 0.25) is 0 Å². The summed E-state index contributed by atoms with van der Waals surface area (Å²) in [4.78, 5) is 0. The number of nitrogens with one attached hydrogen (secondary N) is 2. The zero-order valence-electron chi connectivity index (χ0n) is 4.86. The molecule has 46 valence electrons. The fraction of sp³-hybridized carbons (Fsp3) is 0.400. The SMILES string of the molecule is C=C(O)CNC(C)=N. The lowest BCUT2D eigenvalue weighted by Gasteiger charge is -1.99. The van der Waals surface area contributed by atoms with Gasteiger partial charge in [-0.2, -0.15) is 0 Å². The number of hydrogen-bond donors (Lipinski definition) is 3. The van der Waals surface area contributed by atoms with Gasteiger partial charge in [-0.3, -0.25) is 5.41 Å². The van der Waals surface area contributed by atoms with E-state index in [1.165, 1.54) is 0 Å². The van der Waals surface area contributed by atoms with E-state index in [1.807, 2.05) is 0 Å². The van der Waals surface area contributed by atoms with E-state index in [2.05, 4.69) is 11.9 Å². The molecular formula is C5H10N2O. The second kappa shape index (κ2) is 3.07. The Bertz CT molecular complexity index is 95.0. The maximum Gasteiger partial charge on any atom is 0.104 e. The van der Waals surface area contributed by atoms with E-state index < -0.39 is 0 Å². The van der Waals surface area contributed by atoms with Crippen LogP contribution in [0.1, 0.15) is 6.92 Å². The molecule has 8 heavy (non-hydrogen) atoms. The number of aliphatic hydroxyl groups is 1. The van der Waals surface area contributed by atoms with Crippen LogP contribution in [0.15, 0.2) is 12.3 Å². The summed E-state index contributed by atoms with van der Waals surface area (Å²) in [6, 6.07) is 0. The Kier molecular flexibility index (Phi) is 2.69. The minimum Gasteiger partial charge on any atom is -0.511 e. The van der Waals surface area contributed by atoms with Crippen molar-refractivity contribution in [2.24, 2.45) is 0 Å². The molecule has 3 nitrogen and oxygen atoms in total.